The number of hydrogen-bond acceptors (Lipinski definition) is 2. The number of aliphatic hydroxyl groups is 1. The molecule has 0 aliphatic carbocycles. The Labute approximate surface area is 120 Å². The first kappa shape index (κ1) is 14.8. The zero-order valence-corrected chi connectivity index (χ0v) is 12.2. The topological polar surface area (TPSA) is 40.5 Å². The zero-order valence-electron chi connectivity index (χ0n) is 12.2. The summed E-state index contributed by atoms with van der Waals surface area (Å²) in [5.41, 5.74) is 2.33. The third-order valence-corrected chi connectivity index (χ3v) is 3.89. The van der Waals surface area contributed by atoms with E-state index in [-0.39, 0.29) is 18.6 Å². The molecule has 1 aromatic carbocycles. The van der Waals surface area contributed by atoms with Gasteiger partial charge in [0, 0.05) is 12.6 Å². The molecule has 0 saturated carbocycles. The van der Waals surface area contributed by atoms with Gasteiger partial charge in [-0.1, -0.05) is 38.1 Å². The lowest BCUT2D eigenvalue weighted by atomic mass is 10.0. The van der Waals surface area contributed by atoms with Gasteiger partial charge in [-0.25, -0.2) is 0 Å². The van der Waals surface area contributed by atoms with Crippen LogP contribution in [0.15, 0.2) is 30.3 Å². The van der Waals surface area contributed by atoms with Gasteiger partial charge in [-0.2, -0.15) is 0 Å². The Hall–Kier alpha value is -1.61. The summed E-state index contributed by atoms with van der Waals surface area (Å²) in [6, 6.07) is 8.26. The third-order valence-electron chi connectivity index (χ3n) is 3.89. The van der Waals surface area contributed by atoms with Crippen LogP contribution in [0.5, 0.6) is 0 Å². The summed E-state index contributed by atoms with van der Waals surface area (Å²) in [4.78, 5) is 13.9. The molecule has 1 N–H and O–H groups in total. The molecule has 1 aliphatic heterocycles. The van der Waals surface area contributed by atoms with Crippen molar-refractivity contribution in [2.45, 2.75) is 38.6 Å². The minimum absolute atomic E-state index is 0.00420. The number of hydrogen-bond donors (Lipinski definition) is 1. The second kappa shape index (κ2) is 6.71. The maximum absolute atomic E-state index is 12.1. The van der Waals surface area contributed by atoms with E-state index in [0.717, 1.165) is 24.9 Å². The van der Waals surface area contributed by atoms with E-state index >= 15 is 0 Å². The van der Waals surface area contributed by atoms with E-state index in [4.69, 9.17) is 0 Å². The fourth-order valence-corrected chi connectivity index (χ4v) is 2.57. The van der Waals surface area contributed by atoms with Gasteiger partial charge in [-0.3, -0.25) is 4.79 Å². The predicted octanol–water partition coefficient (Wildman–Crippen LogP) is 2.81. The largest absolute Gasteiger partial charge is 0.394 e. The Morgan fingerprint density at radius 2 is 2.10 bits per heavy atom. The molecule has 2 rings (SSSR count). The summed E-state index contributed by atoms with van der Waals surface area (Å²) in [5.74, 6) is 0.513. The van der Waals surface area contributed by atoms with E-state index < -0.39 is 0 Å². The van der Waals surface area contributed by atoms with Gasteiger partial charge in [0.25, 0.3) is 0 Å². The summed E-state index contributed by atoms with van der Waals surface area (Å²) >= 11 is 0. The van der Waals surface area contributed by atoms with Crippen molar-refractivity contribution in [3.8, 4) is 0 Å². The average Bonchev–Trinajstić information content (AvgIpc) is 2.93. The van der Waals surface area contributed by atoms with E-state index in [9.17, 15) is 9.90 Å². The lowest BCUT2D eigenvalue weighted by Gasteiger charge is -2.21. The number of rotatable bonds is 4. The summed E-state index contributed by atoms with van der Waals surface area (Å²) in [5, 5.41) is 9.24. The molecule has 0 unspecified atom stereocenters. The SMILES string of the molecule is CC(C)c1ccc(C=CC(=O)N2CCC[C@@H]2CO)cc1. The summed E-state index contributed by atoms with van der Waals surface area (Å²) in [6.45, 7) is 5.14. The number of likely N-dealkylation sites (tertiary alicyclic amines) is 1. The van der Waals surface area contributed by atoms with Gasteiger partial charge in [0.1, 0.15) is 0 Å². The number of nitrogens with zero attached hydrogens (tertiary/aromatic N) is 1. The van der Waals surface area contributed by atoms with Gasteiger partial charge in [-0.15, -0.1) is 0 Å². The van der Waals surface area contributed by atoms with Crippen molar-refractivity contribution in [2.24, 2.45) is 0 Å². The molecule has 1 amide bonds. The Morgan fingerprint density at radius 3 is 2.70 bits per heavy atom. The lowest BCUT2D eigenvalue weighted by molar-refractivity contribution is -0.127. The standard InChI is InChI=1S/C17H23NO2/c1-13(2)15-8-5-14(6-9-15)7-10-17(20)18-11-3-4-16(18)12-19/h5-10,13,16,19H,3-4,11-12H2,1-2H3/t16-/m1/s1. The number of benzene rings is 1. The van der Waals surface area contributed by atoms with Crippen LogP contribution in [-0.4, -0.2) is 35.1 Å². The first-order chi connectivity index (χ1) is 9.61. The minimum Gasteiger partial charge on any atom is -0.394 e. The summed E-state index contributed by atoms with van der Waals surface area (Å²) in [6.07, 6.45) is 5.34. The van der Waals surface area contributed by atoms with E-state index in [1.165, 1.54) is 5.56 Å². The van der Waals surface area contributed by atoms with E-state index in [2.05, 4.69) is 26.0 Å². The number of carbonyl (C=O) groups excluding carboxylic acids is 1. The first-order valence-corrected chi connectivity index (χ1v) is 7.31. The highest BCUT2D eigenvalue weighted by molar-refractivity contribution is 5.92. The van der Waals surface area contributed by atoms with Crippen molar-refractivity contribution in [3.05, 3.63) is 41.5 Å². The summed E-state index contributed by atoms with van der Waals surface area (Å²) < 4.78 is 0. The average molecular weight is 273 g/mol. The molecule has 3 heteroatoms. The monoisotopic (exact) mass is 273 g/mol. The summed E-state index contributed by atoms with van der Waals surface area (Å²) in [7, 11) is 0. The zero-order chi connectivity index (χ0) is 14.5. The fourth-order valence-electron chi connectivity index (χ4n) is 2.57. The van der Waals surface area contributed by atoms with Crippen molar-refractivity contribution < 1.29 is 9.90 Å². The molecular formula is C17H23NO2. The Balaban J connectivity index is 2.00. The maximum Gasteiger partial charge on any atom is 0.246 e. The van der Waals surface area contributed by atoms with Gasteiger partial charge >= 0.3 is 0 Å². The van der Waals surface area contributed by atoms with E-state index in [1.54, 1.807) is 11.0 Å². The second-order valence-corrected chi connectivity index (χ2v) is 5.66. The Kier molecular flexibility index (Phi) is 4.96. The van der Waals surface area contributed by atoms with Crippen LogP contribution in [-0.2, 0) is 4.79 Å². The van der Waals surface area contributed by atoms with Gasteiger partial charge in [0.05, 0.1) is 12.6 Å². The van der Waals surface area contributed by atoms with Crippen LogP contribution in [0.1, 0.15) is 43.7 Å². The first-order valence-electron chi connectivity index (χ1n) is 7.31. The number of carbonyl (C=O) groups is 1. The molecule has 0 spiro atoms. The molecule has 3 nitrogen and oxygen atoms in total. The normalized spacial score (nSPS) is 19.2. The van der Waals surface area contributed by atoms with Crippen LogP contribution >= 0.6 is 0 Å². The molecule has 1 saturated heterocycles. The maximum atomic E-state index is 12.1. The molecule has 1 fully saturated rings. The Bertz CT molecular complexity index is 476. The highest BCUT2D eigenvalue weighted by atomic mass is 16.3. The van der Waals surface area contributed by atoms with Crippen LogP contribution in [0, 0.1) is 0 Å². The van der Waals surface area contributed by atoms with E-state index in [1.807, 2.05) is 18.2 Å². The van der Waals surface area contributed by atoms with Crippen LogP contribution in [0.4, 0.5) is 0 Å². The Morgan fingerprint density at radius 1 is 1.40 bits per heavy atom. The molecule has 1 aromatic rings. The van der Waals surface area contributed by atoms with Gasteiger partial charge < -0.3 is 10.0 Å². The van der Waals surface area contributed by atoms with Crippen molar-refractivity contribution in [1.29, 1.82) is 0 Å². The fraction of sp³-hybridized carbons (Fsp3) is 0.471. The van der Waals surface area contributed by atoms with Crippen molar-refractivity contribution in [1.82, 2.24) is 4.90 Å². The quantitative estimate of drug-likeness (QED) is 0.857. The number of aliphatic hydroxyl groups excluding tert-OH is 1. The predicted molar refractivity (Wildman–Crippen MR) is 81.4 cm³/mol. The van der Waals surface area contributed by atoms with Crippen molar-refractivity contribution in [3.63, 3.8) is 0 Å². The minimum atomic E-state index is -0.00511. The molecular weight excluding hydrogens is 250 g/mol. The smallest absolute Gasteiger partial charge is 0.246 e. The van der Waals surface area contributed by atoms with E-state index in [0.29, 0.717) is 5.92 Å². The highest BCUT2D eigenvalue weighted by Crippen LogP contribution is 2.18. The molecule has 20 heavy (non-hydrogen) atoms. The molecule has 0 bridgehead atoms. The van der Waals surface area contributed by atoms with Crippen LogP contribution in [0.2, 0.25) is 0 Å². The van der Waals surface area contributed by atoms with Gasteiger partial charge in [0.2, 0.25) is 5.91 Å². The van der Waals surface area contributed by atoms with Gasteiger partial charge in [0.15, 0.2) is 0 Å². The third kappa shape index (κ3) is 3.48. The molecule has 0 aromatic heterocycles. The van der Waals surface area contributed by atoms with Gasteiger partial charge in [-0.05, 0) is 36.0 Å². The van der Waals surface area contributed by atoms with Crippen LogP contribution < -0.4 is 0 Å². The molecule has 1 aliphatic rings. The second-order valence-electron chi connectivity index (χ2n) is 5.66. The number of amides is 1. The van der Waals surface area contributed by atoms with Crippen molar-refractivity contribution >= 4 is 12.0 Å². The van der Waals surface area contributed by atoms with Crippen LogP contribution in [0.3, 0.4) is 0 Å². The molecule has 0 radical (unpaired) electrons. The molecule has 108 valence electrons. The molecule has 1 heterocycles. The van der Waals surface area contributed by atoms with Crippen molar-refractivity contribution in [2.75, 3.05) is 13.2 Å². The van der Waals surface area contributed by atoms with Crippen LogP contribution in [0.25, 0.3) is 6.08 Å². The molecule has 1 atom stereocenters. The lowest BCUT2D eigenvalue weighted by Crippen LogP contribution is -2.36. The highest BCUT2D eigenvalue weighted by Gasteiger charge is 2.26.